The van der Waals surface area contributed by atoms with Gasteiger partial charge in [-0.3, -0.25) is 4.79 Å². The SMILES string of the molecule is CCNC(=O)C1CNCCN1c1nccc2c1ncn2C. The molecule has 0 aromatic carbocycles. The summed E-state index contributed by atoms with van der Waals surface area (Å²) >= 11 is 0. The number of aromatic nitrogens is 3. The summed E-state index contributed by atoms with van der Waals surface area (Å²) in [5.74, 6) is 0.810. The third-order valence-corrected chi connectivity index (χ3v) is 3.79. The monoisotopic (exact) mass is 288 g/mol. The minimum atomic E-state index is -0.251. The van der Waals surface area contributed by atoms with E-state index in [9.17, 15) is 4.79 Å². The molecule has 0 spiro atoms. The van der Waals surface area contributed by atoms with Gasteiger partial charge in [0.1, 0.15) is 11.6 Å². The number of rotatable bonds is 3. The standard InChI is InChI=1S/C14H20N6O/c1-3-16-14(21)11-8-15-6-7-20(11)13-12-10(4-5-17-13)19(2)9-18-12/h4-5,9,11,15H,3,6-8H2,1-2H3,(H,16,21). The number of fused-ring (bicyclic) bond motifs is 1. The van der Waals surface area contributed by atoms with E-state index in [1.165, 1.54) is 0 Å². The van der Waals surface area contributed by atoms with Crippen LogP contribution in [0.2, 0.25) is 0 Å². The van der Waals surface area contributed by atoms with Crippen molar-refractivity contribution in [3.63, 3.8) is 0 Å². The van der Waals surface area contributed by atoms with E-state index in [1.54, 1.807) is 12.5 Å². The summed E-state index contributed by atoms with van der Waals surface area (Å²) in [6.07, 6.45) is 3.55. The topological polar surface area (TPSA) is 75.1 Å². The summed E-state index contributed by atoms with van der Waals surface area (Å²) in [5.41, 5.74) is 1.87. The first-order valence-corrected chi connectivity index (χ1v) is 7.23. The summed E-state index contributed by atoms with van der Waals surface area (Å²) in [6.45, 7) is 4.75. The Kier molecular flexibility index (Phi) is 3.74. The Morgan fingerprint density at radius 3 is 3.19 bits per heavy atom. The summed E-state index contributed by atoms with van der Waals surface area (Å²) in [6, 6.07) is 1.69. The number of pyridine rings is 1. The molecule has 2 N–H and O–H groups in total. The lowest BCUT2D eigenvalue weighted by molar-refractivity contribution is -0.122. The zero-order chi connectivity index (χ0) is 14.8. The number of nitrogens with one attached hydrogen (secondary N) is 2. The minimum absolute atomic E-state index is 0.0273. The fourth-order valence-electron chi connectivity index (χ4n) is 2.74. The molecular weight excluding hydrogens is 268 g/mol. The van der Waals surface area contributed by atoms with E-state index in [1.807, 2.05) is 24.6 Å². The van der Waals surface area contributed by atoms with Crippen molar-refractivity contribution in [2.75, 3.05) is 31.1 Å². The van der Waals surface area contributed by atoms with Crippen molar-refractivity contribution >= 4 is 22.8 Å². The second kappa shape index (κ2) is 5.69. The number of hydrogen-bond acceptors (Lipinski definition) is 5. The van der Waals surface area contributed by atoms with Crippen LogP contribution in [0.15, 0.2) is 18.6 Å². The average Bonchev–Trinajstić information content (AvgIpc) is 2.89. The molecule has 0 saturated carbocycles. The molecule has 21 heavy (non-hydrogen) atoms. The average molecular weight is 288 g/mol. The first-order valence-electron chi connectivity index (χ1n) is 7.23. The maximum atomic E-state index is 12.3. The van der Waals surface area contributed by atoms with E-state index in [2.05, 4.69) is 25.5 Å². The second-order valence-electron chi connectivity index (χ2n) is 5.17. The van der Waals surface area contributed by atoms with Crippen molar-refractivity contribution < 1.29 is 4.79 Å². The van der Waals surface area contributed by atoms with Gasteiger partial charge in [-0.25, -0.2) is 9.97 Å². The summed E-state index contributed by atoms with van der Waals surface area (Å²) < 4.78 is 1.96. The molecule has 112 valence electrons. The Morgan fingerprint density at radius 1 is 1.52 bits per heavy atom. The first kappa shape index (κ1) is 13.8. The lowest BCUT2D eigenvalue weighted by Gasteiger charge is -2.36. The van der Waals surface area contributed by atoms with Crippen molar-refractivity contribution in [3.8, 4) is 0 Å². The zero-order valence-corrected chi connectivity index (χ0v) is 12.3. The largest absolute Gasteiger partial charge is 0.355 e. The van der Waals surface area contributed by atoms with Crippen molar-refractivity contribution in [1.29, 1.82) is 0 Å². The predicted molar refractivity (Wildman–Crippen MR) is 81.2 cm³/mol. The van der Waals surface area contributed by atoms with E-state index < -0.39 is 0 Å². The highest BCUT2D eigenvalue weighted by Crippen LogP contribution is 2.24. The van der Waals surface area contributed by atoms with Crippen LogP contribution in [0.3, 0.4) is 0 Å². The van der Waals surface area contributed by atoms with Crippen LogP contribution in [-0.2, 0) is 11.8 Å². The fourth-order valence-corrected chi connectivity index (χ4v) is 2.74. The molecule has 1 amide bonds. The first-order chi connectivity index (χ1) is 10.2. The van der Waals surface area contributed by atoms with Crippen LogP contribution in [0, 0.1) is 0 Å². The maximum Gasteiger partial charge on any atom is 0.244 e. The van der Waals surface area contributed by atoms with Crippen LogP contribution < -0.4 is 15.5 Å². The van der Waals surface area contributed by atoms with E-state index >= 15 is 0 Å². The van der Waals surface area contributed by atoms with Crippen LogP contribution in [0.1, 0.15) is 6.92 Å². The third-order valence-electron chi connectivity index (χ3n) is 3.79. The molecule has 2 aromatic rings. The molecule has 3 rings (SSSR count). The molecule has 7 heteroatoms. The maximum absolute atomic E-state index is 12.3. The normalized spacial score (nSPS) is 19.0. The number of hydrogen-bond donors (Lipinski definition) is 2. The van der Waals surface area contributed by atoms with Crippen LogP contribution in [0.25, 0.3) is 11.0 Å². The van der Waals surface area contributed by atoms with Gasteiger partial charge in [0.05, 0.1) is 11.8 Å². The molecule has 2 aromatic heterocycles. The van der Waals surface area contributed by atoms with Gasteiger partial charge < -0.3 is 20.1 Å². The highest BCUT2D eigenvalue weighted by atomic mass is 16.2. The Bertz CT molecular complexity index is 652. The predicted octanol–water partition coefficient (Wildman–Crippen LogP) is -0.117. The molecule has 0 aliphatic carbocycles. The van der Waals surface area contributed by atoms with Gasteiger partial charge in [0.2, 0.25) is 5.91 Å². The Labute approximate surface area is 123 Å². The van der Waals surface area contributed by atoms with Gasteiger partial charge in [-0.2, -0.15) is 0 Å². The lowest BCUT2D eigenvalue weighted by Crippen LogP contribution is -2.58. The van der Waals surface area contributed by atoms with E-state index in [4.69, 9.17) is 0 Å². The molecule has 1 unspecified atom stereocenters. The highest BCUT2D eigenvalue weighted by molar-refractivity contribution is 5.91. The molecule has 1 saturated heterocycles. The highest BCUT2D eigenvalue weighted by Gasteiger charge is 2.30. The van der Waals surface area contributed by atoms with Gasteiger partial charge in [0, 0.05) is 39.4 Å². The number of carbonyl (C=O) groups excluding carboxylic acids is 1. The minimum Gasteiger partial charge on any atom is -0.355 e. The van der Waals surface area contributed by atoms with Crippen LogP contribution in [0.5, 0.6) is 0 Å². The van der Waals surface area contributed by atoms with Gasteiger partial charge in [-0.1, -0.05) is 0 Å². The number of imidazole rings is 1. The number of nitrogens with zero attached hydrogens (tertiary/aromatic N) is 4. The number of piperazine rings is 1. The van der Waals surface area contributed by atoms with Gasteiger partial charge >= 0.3 is 0 Å². The van der Waals surface area contributed by atoms with Crippen molar-refractivity contribution in [2.45, 2.75) is 13.0 Å². The van der Waals surface area contributed by atoms with E-state index in [0.717, 1.165) is 29.9 Å². The third kappa shape index (κ3) is 2.44. The van der Waals surface area contributed by atoms with Crippen LogP contribution >= 0.6 is 0 Å². The summed E-state index contributed by atoms with van der Waals surface area (Å²) in [4.78, 5) is 23.2. The molecule has 0 bridgehead atoms. The van der Waals surface area contributed by atoms with E-state index in [0.29, 0.717) is 13.1 Å². The number of anilines is 1. The van der Waals surface area contributed by atoms with Gasteiger partial charge in [0.25, 0.3) is 0 Å². The summed E-state index contributed by atoms with van der Waals surface area (Å²) in [5, 5.41) is 6.17. The summed E-state index contributed by atoms with van der Waals surface area (Å²) in [7, 11) is 1.96. The van der Waals surface area contributed by atoms with Crippen molar-refractivity contribution in [3.05, 3.63) is 18.6 Å². The van der Waals surface area contributed by atoms with Gasteiger partial charge in [0.15, 0.2) is 5.82 Å². The van der Waals surface area contributed by atoms with Crippen LogP contribution in [0.4, 0.5) is 5.82 Å². The number of aryl methyl sites for hydroxylation is 1. The second-order valence-corrected chi connectivity index (χ2v) is 5.17. The zero-order valence-electron chi connectivity index (χ0n) is 12.3. The lowest BCUT2D eigenvalue weighted by atomic mass is 10.1. The van der Waals surface area contributed by atoms with Crippen molar-refractivity contribution in [1.82, 2.24) is 25.2 Å². The Hall–Kier alpha value is -2.15. The molecule has 1 fully saturated rings. The van der Waals surface area contributed by atoms with Gasteiger partial charge in [-0.15, -0.1) is 0 Å². The van der Waals surface area contributed by atoms with Crippen molar-refractivity contribution in [2.24, 2.45) is 7.05 Å². The fraction of sp³-hybridized carbons (Fsp3) is 0.500. The molecule has 0 radical (unpaired) electrons. The molecule has 1 atom stereocenters. The number of likely N-dealkylation sites (N-methyl/N-ethyl adjacent to an activating group) is 1. The quantitative estimate of drug-likeness (QED) is 0.824. The molecular formula is C14H20N6O. The Morgan fingerprint density at radius 2 is 2.38 bits per heavy atom. The Balaban J connectivity index is 2.00. The molecule has 3 heterocycles. The number of amides is 1. The van der Waals surface area contributed by atoms with Gasteiger partial charge in [-0.05, 0) is 13.0 Å². The van der Waals surface area contributed by atoms with Crippen LogP contribution in [-0.4, -0.2) is 52.7 Å². The number of carbonyl (C=O) groups is 1. The van der Waals surface area contributed by atoms with E-state index in [-0.39, 0.29) is 11.9 Å². The molecule has 7 nitrogen and oxygen atoms in total. The molecule has 1 aliphatic heterocycles. The molecule has 1 aliphatic rings. The smallest absolute Gasteiger partial charge is 0.244 e.